The van der Waals surface area contributed by atoms with Gasteiger partial charge in [-0.1, -0.05) is 0 Å². The zero-order chi connectivity index (χ0) is 11.4. The highest BCUT2D eigenvalue weighted by molar-refractivity contribution is 5.78. The molecule has 1 atom stereocenters. The maximum absolute atomic E-state index is 11.9. The summed E-state index contributed by atoms with van der Waals surface area (Å²) in [7, 11) is 1.98. The van der Waals surface area contributed by atoms with Crippen LogP contribution >= 0.6 is 0 Å². The van der Waals surface area contributed by atoms with Crippen LogP contribution in [0.5, 0.6) is 0 Å². The first-order chi connectivity index (χ1) is 7.00. The predicted octanol–water partition coefficient (Wildman–Crippen LogP) is 0.574. The minimum atomic E-state index is 0.173. The Bertz CT molecular complexity index is 219. The van der Waals surface area contributed by atoms with Gasteiger partial charge in [0.25, 0.3) is 0 Å². The van der Waals surface area contributed by atoms with Crippen molar-refractivity contribution in [3.05, 3.63) is 0 Å². The Labute approximate surface area is 92.2 Å². The Morgan fingerprint density at radius 2 is 2.27 bits per heavy atom. The van der Waals surface area contributed by atoms with Crippen LogP contribution in [0.4, 0.5) is 0 Å². The van der Waals surface area contributed by atoms with E-state index in [2.05, 4.69) is 18.7 Å². The third-order valence-electron chi connectivity index (χ3n) is 2.86. The molecule has 88 valence electrons. The largest absolute Gasteiger partial charge is 0.375 e. The fourth-order valence-electron chi connectivity index (χ4n) is 1.54. The zero-order valence-electron chi connectivity index (χ0n) is 10.2. The number of morpholine rings is 1. The van der Waals surface area contributed by atoms with Gasteiger partial charge in [0, 0.05) is 19.1 Å². The smallest absolute Gasteiger partial charge is 0.236 e. The Morgan fingerprint density at radius 3 is 2.80 bits per heavy atom. The molecule has 0 aromatic rings. The fourth-order valence-corrected chi connectivity index (χ4v) is 1.54. The van der Waals surface area contributed by atoms with Gasteiger partial charge in [0.2, 0.25) is 5.91 Å². The fraction of sp³-hybridized carbons (Fsp3) is 0.909. The maximum Gasteiger partial charge on any atom is 0.236 e. The first kappa shape index (κ1) is 12.5. The number of nitrogens with zero attached hydrogens (tertiary/aromatic N) is 2. The number of rotatable bonds is 3. The Kier molecular flexibility index (Phi) is 4.54. The summed E-state index contributed by atoms with van der Waals surface area (Å²) in [6, 6.07) is 0.410. The second-order valence-electron chi connectivity index (χ2n) is 4.53. The first-order valence-electron chi connectivity index (χ1n) is 5.60. The molecule has 0 bridgehead atoms. The van der Waals surface area contributed by atoms with Crippen molar-refractivity contribution >= 4 is 5.91 Å². The van der Waals surface area contributed by atoms with E-state index in [0.29, 0.717) is 19.2 Å². The van der Waals surface area contributed by atoms with Crippen LogP contribution in [0.2, 0.25) is 0 Å². The molecule has 1 saturated heterocycles. The van der Waals surface area contributed by atoms with Gasteiger partial charge in [-0.15, -0.1) is 0 Å². The second-order valence-corrected chi connectivity index (χ2v) is 4.53. The monoisotopic (exact) mass is 214 g/mol. The van der Waals surface area contributed by atoms with Crippen LogP contribution in [0, 0.1) is 0 Å². The summed E-state index contributed by atoms with van der Waals surface area (Å²) in [5.74, 6) is 0.210. The van der Waals surface area contributed by atoms with Gasteiger partial charge in [-0.05, 0) is 27.8 Å². The Balaban J connectivity index is 2.39. The Morgan fingerprint density at radius 1 is 1.60 bits per heavy atom. The SMILES string of the molecule is CC(C)N(C)CC(=O)N1CCO[C@H](C)C1. The number of carbonyl (C=O) groups is 1. The molecule has 4 nitrogen and oxygen atoms in total. The van der Waals surface area contributed by atoms with Crippen molar-refractivity contribution in [1.29, 1.82) is 0 Å². The lowest BCUT2D eigenvalue weighted by atomic mass is 10.3. The van der Waals surface area contributed by atoms with Crippen LogP contribution in [0.25, 0.3) is 0 Å². The highest BCUT2D eigenvalue weighted by Gasteiger charge is 2.22. The van der Waals surface area contributed by atoms with Crippen molar-refractivity contribution < 1.29 is 9.53 Å². The number of amides is 1. The molecule has 0 saturated carbocycles. The highest BCUT2D eigenvalue weighted by Crippen LogP contribution is 2.05. The third-order valence-corrected chi connectivity index (χ3v) is 2.86. The molecule has 1 heterocycles. The summed E-state index contributed by atoms with van der Waals surface area (Å²) >= 11 is 0. The van der Waals surface area contributed by atoms with Gasteiger partial charge in [0.15, 0.2) is 0 Å². The van der Waals surface area contributed by atoms with Crippen molar-refractivity contribution in [2.24, 2.45) is 0 Å². The van der Waals surface area contributed by atoms with E-state index in [4.69, 9.17) is 4.74 Å². The molecular formula is C11H22N2O2. The van der Waals surface area contributed by atoms with Crippen LogP contribution in [-0.2, 0) is 9.53 Å². The molecule has 1 fully saturated rings. The van der Waals surface area contributed by atoms with Crippen molar-refractivity contribution in [3.63, 3.8) is 0 Å². The van der Waals surface area contributed by atoms with Gasteiger partial charge >= 0.3 is 0 Å². The van der Waals surface area contributed by atoms with Gasteiger partial charge in [-0.3, -0.25) is 9.69 Å². The summed E-state index contributed by atoms with van der Waals surface area (Å²) < 4.78 is 5.40. The van der Waals surface area contributed by atoms with Gasteiger partial charge in [0.1, 0.15) is 0 Å². The van der Waals surface area contributed by atoms with E-state index in [-0.39, 0.29) is 12.0 Å². The zero-order valence-corrected chi connectivity index (χ0v) is 10.2. The molecule has 0 aromatic carbocycles. The minimum absolute atomic E-state index is 0.173. The molecule has 4 heteroatoms. The quantitative estimate of drug-likeness (QED) is 0.689. The van der Waals surface area contributed by atoms with Crippen LogP contribution in [0.1, 0.15) is 20.8 Å². The minimum Gasteiger partial charge on any atom is -0.375 e. The molecular weight excluding hydrogens is 192 g/mol. The highest BCUT2D eigenvalue weighted by atomic mass is 16.5. The molecule has 0 spiro atoms. The molecule has 1 aliphatic rings. The van der Waals surface area contributed by atoms with Crippen LogP contribution < -0.4 is 0 Å². The predicted molar refractivity (Wildman–Crippen MR) is 59.8 cm³/mol. The summed E-state index contributed by atoms with van der Waals surface area (Å²) in [6.45, 7) is 8.82. The van der Waals surface area contributed by atoms with Crippen molar-refractivity contribution in [1.82, 2.24) is 9.80 Å². The molecule has 0 aromatic heterocycles. The van der Waals surface area contributed by atoms with Crippen LogP contribution in [-0.4, -0.2) is 61.1 Å². The molecule has 1 aliphatic heterocycles. The summed E-state index contributed by atoms with van der Waals surface area (Å²) in [4.78, 5) is 15.8. The molecule has 1 amide bonds. The lowest BCUT2D eigenvalue weighted by Crippen LogP contribution is -2.48. The van der Waals surface area contributed by atoms with E-state index in [1.807, 2.05) is 18.9 Å². The van der Waals surface area contributed by atoms with Crippen molar-refractivity contribution in [3.8, 4) is 0 Å². The van der Waals surface area contributed by atoms with Crippen molar-refractivity contribution in [2.75, 3.05) is 33.3 Å². The Hall–Kier alpha value is -0.610. The normalized spacial score (nSPS) is 22.5. The average molecular weight is 214 g/mol. The third kappa shape index (κ3) is 3.80. The van der Waals surface area contributed by atoms with Crippen LogP contribution in [0.3, 0.4) is 0 Å². The number of likely N-dealkylation sites (N-methyl/N-ethyl adjacent to an activating group) is 1. The molecule has 0 unspecified atom stereocenters. The maximum atomic E-state index is 11.9. The summed E-state index contributed by atoms with van der Waals surface area (Å²) in [6.07, 6.45) is 0.173. The van der Waals surface area contributed by atoms with Gasteiger partial charge in [-0.25, -0.2) is 0 Å². The molecule has 0 radical (unpaired) electrons. The van der Waals surface area contributed by atoms with E-state index in [9.17, 15) is 4.79 Å². The number of ether oxygens (including phenoxy) is 1. The molecule has 15 heavy (non-hydrogen) atoms. The van der Waals surface area contributed by atoms with E-state index >= 15 is 0 Å². The van der Waals surface area contributed by atoms with Gasteiger partial charge < -0.3 is 9.64 Å². The summed E-state index contributed by atoms with van der Waals surface area (Å²) in [5, 5.41) is 0. The number of carbonyl (C=O) groups excluding carboxylic acids is 1. The summed E-state index contributed by atoms with van der Waals surface area (Å²) in [5.41, 5.74) is 0. The van der Waals surface area contributed by atoms with Gasteiger partial charge in [0.05, 0.1) is 19.3 Å². The first-order valence-corrected chi connectivity index (χ1v) is 5.60. The second kappa shape index (κ2) is 5.47. The topological polar surface area (TPSA) is 32.8 Å². The molecule has 0 aliphatic carbocycles. The number of hydrogen-bond donors (Lipinski definition) is 0. The molecule has 1 rings (SSSR count). The average Bonchev–Trinajstić information content (AvgIpc) is 2.17. The van der Waals surface area contributed by atoms with Crippen LogP contribution in [0.15, 0.2) is 0 Å². The van der Waals surface area contributed by atoms with Gasteiger partial charge in [-0.2, -0.15) is 0 Å². The van der Waals surface area contributed by atoms with E-state index in [1.54, 1.807) is 0 Å². The molecule has 0 N–H and O–H groups in total. The lowest BCUT2D eigenvalue weighted by molar-refractivity contribution is -0.139. The van der Waals surface area contributed by atoms with Crippen molar-refractivity contribution in [2.45, 2.75) is 32.9 Å². The van der Waals surface area contributed by atoms with E-state index in [0.717, 1.165) is 13.1 Å². The standard InChI is InChI=1S/C11H22N2O2/c1-9(2)12(4)8-11(14)13-5-6-15-10(3)7-13/h9-10H,5-8H2,1-4H3/t10-/m1/s1. The lowest BCUT2D eigenvalue weighted by Gasteiger charge is -2.33. The van der Waals surface area contributed by atoms with E-state index < -0.39 is 0 Å². The van der Waals surface area contributed by atoms with E-state index in [1.165, 1.54) is 0 Å². The number of hydrogen-bond acceptors (Lipinski definition) is 3.